The fraction of sp³-hybridized carbons (Fsp3) is 0.432. The zero-order chi connectivity index (χ0) is 42.0. The van der Waals surface area contributed by atoms with Gasteiger partial charge in [-0.05, 0) is 60.1 Å². The minimum atomic E-state index is -1.34. The number of carbonyl (C=O) groups is 4. The average Bonchev–Trinajstić information content (AvgIpc) is 3.77. The SMILES string of the molecule is CC[C@H](C)[C@@H](C(=O)N[C@@H](Cc1ccccc1)[C@@H](O)CN(Cc1ccc(-c2ccccn2)cc1)NC(=O)[C@@H](NC(=O)O)C(C)(C)C)N1CCN(Cc2ccc(C)s2)C1=O. The summed E-state index contributed by atoms with van der Waals surface area (Å²) in [5.41, 5.74) is 5.49. The van der Waals surface area contributed by atoms with Gasteiger partial charge in [0.05, 0.1) is 24.4 Å². The molecule has 2 aromatic heterocycles. The summed E-state index contributed by atoms with van der Waals surface area (Å²) in [6.07, 6.45) is 0.0811. The van der Waals surface area contributed by atoms with E-state index >= 15 is 0 Å². The van der Waals surface area contributed by atoms with Gasteiger partial charge in [0, 0.05) is 47.7 Å². The van der Waals surface area contributed by atoms with Gasteiger partial charge >= 0.3 is 12.1 Å². The summed E-state index contributed by atoms with van der Waals surface area (Å²) >= 11 is 1.65. The first kappa shape index (κ1) is 43.8. The van der Waals surface area contributed by atoms with Crippen molar-refractivity contribution in [3.05, 3.63) is 112 Å². The van der Waals surface area contributed by atoms with Crippen molar-refractivity contribution in [2.45, 2.75) is 91.7 Å². The second-order valence-corrected chi connectivity index (χ2v) is 17.5. The van der Waals surface area contributed by atoms with Gasteiger partial charge < -0.3 is 30.6 Å². The molecule has 4 aromatic rings. The Kier molecular flexibility index (Phi) is 15.0. The van der Waals surface area contributed by atoms with Crippen molar-refractivity contribution >= 4 is 35.3 Å². The van der Waals surface area contributed by atoms with Gasteiger partial charge in [0.15, 0.2) is 0 Å². The largest absolute Gasteiger partial charge is 0.465 e. The number of pyridine rings is 1. The highest BCUT2D eigenvalue weighted by atomic mass is 32.1. The topological polar surface area (TPSA) is 167 Å². The molecule has 0 bridgehead atoms. The van der Waals surface area contributed by atoms with Crippen LogP contribution in [0.2, 0.25) is 0 Å². The Morgan fingerprint density at radius 1 is 0.914 bits per heavy atom. The number of thiophene rings is 1. The number of carbonyl (C=O) groups excluding carboxylic acids is 3. The molecule has 1 fully saturated rings. The monoisotopic (exact) mass is 811 g/mol. The number of aryl methyl sites for hydroxylation is 1. The second-order valence-electron chi connectivity index (χ2n) is 16.1. The third-order valence-corrected chi connectivity index (χ3v) is 11.5. The van der Waals surface area contributed by atoms with E-state index in [9.17, 15) is 29.4 Å². The Labute approximate surface area is 345 Å². The zero-order valence-corrected chi connectivity index (χ0v) is 35.0. The molecule has 14 heteroatoms. The van der Waals surface area contributed by atoms with Crippen LogP contribution in [0.25, 0.3) is 11.3 Å². The van der Waals surface area contributed by atoms with Gasteiger partial charge in [0.25, 0.3) is 5.91 Å². The average molecular weight is 812 g/mol. The lowest BCUT2D eigenvalue weighted by Gasteiger charge is -2.36. The van der Waals surface area contributed by atoms with Crippen molar-refractivity contribution in [1.29, 1.82) is 0 Å². The lowest BCUT2D eigenvalue weighted by molar-refractivity contribution is -0.132. The quantitative estimate of drug-likeness (QED) is 0.0755. The number of hydrogen-bond acceptors (Lipinski definition) is 8. The van der Waals surface area contributed by atoms with Gasteiger partial charge in [-0.25, -0.2) is 14.6 Å². The highest BCUT2D eigenvalue weighted by Gasteiger charge is 2.41. The molecule has 13 nitrogen and oxygen atoms in total. The summed E-state index contributed by atoms with van der Waals surface area (Å²) < 4.78 is 0. The molecule has 5 atom stereocenters. The van der Waals surface area contributed by atoms with Crippen molar-refractivity contribution in [2.75, 3.05) is 19.6 Å². The number of nitrogens with one attached hydrogen (secondary N) is 3. The number of carboxylic acid groups (broad SMARTS) is 1. The molecule has 2 aromatic carbocycles. The van der Waals surface area contributed by atoms with E-state index in [0.717, 1.165) is 27.3 Å². The summed E-state index contributed by atoms with van der Waals surface area (Å²) in [7, 11) is 0. The van der Waals surface area contributed by atoms with Gasteiger partial charge in [0.2, 0.25) is 5.91 Å². The second kappa shape index (κ2) is 19.9. The zero-order valence-electron chi connectivity index (χ0n) is 34.2. The first-order valence-corrected chi connectivity index (χ1v) is 20.6. The van der Waals surface area contributed by atoms with Crippen LogP contribution in [0.3, 0.4) is 0 Å². The van der Waals surface area contributed by atoms with E-state index in [1.54, 1.807) is 53.1 Å². The Morgan fingerprint density at radius 3 is 2.22 bits per heavy atom. The van der Waals surface area contributed by atoms with Crippen molar-refractivity contribution in [3.63, 3.8) is 0 Å². The Balaban J connectivity index is 1.40. The third kappa shape index (κ3) is 11.9. The predicted octanol–water partition coefficient (Wildman–Crippen LogP) is 6.07. The lowest BCUT2D eigenvalue weighted by atomic mass is 9.86. The molecule has 0 saturated carbocycles. The van der Waals surface area contributed by atoms with E-state index in [0.29, 0.717) is 26.1 Å². The minimum absolute atomic E-state index is 0.125. The molecule has 3 heterocycles. The van der Waals surface area contributed by atoms with E-state index in [1.165, 1.54) is 4.88 Å². The normalized spacial score (nSPS) is 15.8. The van der Waals surface area contributed by atoms with E-state index in [1.807, 2.05) is 106 Å². The maximum absolute atomic E-state index is 14.5. The predicted molar refractivity (Wildman–Crippen MR) is 226 cm³/mol. The van der Waals surface area contributed by atoms with Crippen LogP contribution >= 0.6 is 11.3 Å². The van der Waals surface area contributed by atoms with Crippen LogP contribution in [0.1, 0.15) is 61.9 Å². The number of benzene rings is 2. The van der Waals surface area contributed by atoms with Crippen molar-refractivity contribution in [3.8, 4) is 11.3 Å². The molecule has 0 aliphatic carbocycles. The number of amides is 5. The van der Waals surface area contributed by atoms with Crippen LogP contribution in [-0.4, -0.2) is 97.8 Å². The highest BCUT2D eigenvalue weighted by Crippen LogP contribution is 2.26. The molecule has 0 spiro atoms. The number of aliphatic hydroxyl groups is 1. The first-order valence-electron chi connectivity index (χ1n) is 19.8. The molecule has 0 unspecified atom stereocenters. The van der Waals surface area contributed by atoms with E-state index < -0.39 is 41.6 Å². The van der Waals surface area contributed by atoms with Gasteiger partial charge in [0.1, 0.15) is 12.1 Å². The fourth-order valence-corrected chi connectivity index (χ4v) is 8.08. The Bertz CT molecular complexity index is 1970. The molecule has 5 N–H and O–H groups in total. The first-order chi connectivity index (χ1) is 27.6. The number of hydrazine groups is 1. The number of aromatic nitrogens is 1. The van der Waals surface area contributed by atoms with Crippen LogP contribution in [0.5, 0.6) is 0 Å². The third-order valence-electron chi connectivity index (χ3n) is 10.5. The number of rotatable bonds is 18. The van der Waals surface area contributed by atoms with Crippen LogP contribution in [0.15, 0.2) is 91.1 Å². The molecule has 5 amide bonds. The van der Waals surface area contributed by atoms with Crippen molar-refractivity contribution < 1.29 is 29.4 Å². The maximum atomic E-state index is 14.5. The number of aliphatic hydroxyl groups excluding tert-OH is 1. The van der Waals surface area contributed by atoms with Crippen LogP contribution in [-0.2, 0) is 29.1 Å². The Hall–Kier alpha value is -5.31. The van der Waals surface area contributed by atoms with Gasteiger partial charge in [-0.3, -0.25) is 20.0 Å². The molecule has 310 valence electrons. The molecule has 5 rings (SSSR count). The van der Waals surface area contributed by atoms with E-state index in [4.69, 9.17) is 0 Å². The number of urea groups is 1. The van der Waals surface area contributed by atoms with E-state index in [2.05, 4.69) is 21.0 Å². The lowest BCUT2D eigenvalue weighted by Crippen LogP contribution is -2.60. The van der Waals surface area contributed by atoms with Gasteiger partial charge in [-0.2, -0.15) is 0 Å². The molecule has 58 heavy (non-hydrogen) atoms. The van der Waals surface area contributed by atoms with Gasteiger partial charge in [-0.15, -0.1) is 11.3 Å². The van der Waals surface area contributed by atoms with Crippen LogP contribution < -0.4 is 16.1 Å². The Morgan fingerprint density at radius 2 is 1.62 bits per heavy atom. The number of nitrogens with zero attached hydrogens (tertiary/aromatic N) is 4. The smallest absolute Gasteiger partial charge is 0.405 e. The summed E-state index contributed by atoms with van der Waals surface area (Å²) in [6, 6.07) is 24.0. The molecular formula is C44H57N7O6S. The van der Waals surface area contributed by atoms with Crippen molar-refractivity contribution in [2.24, 2.45) is 11.3 Å². The fourth-order valence-electron chi connectivity index (χ4n) is 7.17. The minimum Gasteiger partial charge on any atom is -0.465 e. The summed E-state index contributed by atoms with van der Waals surface area (Å²) in [5, 5.41) is 28.7. The molecule has 1 aliphatic rings. The standard InChI is InChI=1S/C44H57N7O6S/c1-7-29(2)38(51-24-23-49(43(51)57)27-34-21-16-30(3)58-34)40(53)46-36(25-31-13-9-8-10-14-31)37(52)28-50(48-41(54)39(44(4,5)6)47-42(55)56)26-32-17-19-33(20-18-32)35-15-11-12-22-45-35/h8-22,29,36-39,47,52H,7,23-28H2,1-6H3,(H,46,53)(H,48,54)(H,55,56)/t29-,36-,37-,38-,39+/m0/s1. The molecular weight excluding hydrogens is 755 g/mol. The molecule has 1 saturated heterocycles. The molecule has 0 radical (unpaired) electrons. The summed E-state index contributed by atoms with van der Waals surface area (Å²) in [4.78, 5) is 64.0. The van der Waals surface area contributed by atoms with Crippen molar-refractivity contribution in [1.82, 2.24) is 35.9 Å². The highest BCUT2D eigenvalue weighted by molar-refractivity contribution is 7.11. The molecule has 1 aliphatic heterocycles. The maximum Gasteiger partial charge on any atom is 0.405 e. The van der Waals surface area contributed by atoms with Gasteiger partial charge in [-0.1, -0.05) is 102 Å². The van der Waals surface area contributed by atoms with Crippen LogP contribution in [0, 0.1) is 18.3 Å². The van der Waals surface area contributed by atoms with E-state index in [-0.39, 0.29) is 37.4 Å². The number of hydrogen-bond donors (Lipinski definition) is 5. The summed E-state index contributed by atoms with van der Waals surface area (Å²) in [6.45, 7) is 12.7. The summed E-state index contributed by atoms with van der Waals surface area (Å²) in [5.74, 6) is -1.14. The van der Waals surface area contributed by atoms with Crippen LogP contribution in [0.4, 0.5) is 9.59 Å².